The number of anilines is 2. The number of nitrogens with zero attached hydrogens (tertiary/aromatic N) is 8. The van der Waals surface area contributed by atoms with Crippen molar-refractivity contribution in [2.45, 2.75) is 50.7 Å². The molecule has 6 rings (SSSR count). The van der Waals surface area contributed by atoms with Crippen LogP contribution in [0, 0.1) is 22.7 Å². The van der Waals surface area contributed by atoms with E-state index in [1.165, 1.54) is 4.90 Å². The zero-order chi connectivity index (χ0) is 32.5. The number of benzene rings is 1. The smallest absolute Gasteiger partial charge is 0.282 e. The number of rotatable bonds is 7. The molecule has 0 unspecified atom stereocenters. The SMILES string of the molecule is C=C(F)C(=O)N1CCN(c2c(C#N)c(OC[C@@H]3CCCN3C)nc3c2CCN(c2cccc4c2C(=O)N(C)CC4)C3)C[C@@H]1CC#N. The maximum absolute atomic E-state index is 13.9. The molecule has 0 spiro atoms. The summed E-state index contributed by atoms with van der Waals surface area (Å²) in [5.41, 5.74) is 5.33. The Morgan fingerprint density at radius 3 is 2.65 bits per heavy atom. The average Bonchev–Trinajstić information content (AvgIpc) is 3.48. The maximum Gasteiger partial charge on any atom is 0.282 e. The van der Waals surface area contributed by atoms with E-state index in [2.05, 4.69) is 35.6 Å². The number of hydrogen-bond acceptors (Lipinski definition) is 9. The molecule has 0 saturated carbocycles. The van der Waals surface area contributed by atoms with Gasteiger partial charge in [-0.05, 0) is 50.9 Å². The number of pyridine rings is 1. The second-order valence-corrected chi connectivity index (χ2v) is 12.6. The number of ether oxygens (including phenoxy) is 1. The van der Waals surface area contributed by atoms with Gasteiger partial charge in [-0.2, -0.15) is 10.5 Å². The lowest BCUT2D eigenvalue weighted by Crippen LogP contribution is -2.55. The van der Waals surface area contributed by atoms with Gasteiger partial charge in [-0.15, -0.1) is 0 Å². The van der Waals surface area contributed by atoms with Gasteiger partial charge in [-0.1, -0.05) is 18.7 Å². The van der Waals surface area contributed by atoms with Crippen molar-refractivity contribution >= 4 is 23.2 Å². The molecule has 2 fully saturated rings. The Morgan fingerprint density at radius 2 is 1.93 bits per heavy atom. The van der Waals surface area contributed by atoms with Gasteiger partial charge >= 0.3 is 0 Å². The summed E-state index contributed by atoms with van der Waals surface area (Å²) in [4.78, 5) is 40.4. The highest BCUT2D eigenvalue weighted by Gasteiger charge is 2.37. The first-order valence-electron chi connectivity index (χ1n) is 15.9. The number of carbonyl (C=O) groups is 2. The lowest BCUT2D eigenvalue weighted by molar-refractivity contribution is -0.131. The topological polar surface area (TPSA) is 120 Å². The van der Waals surface area contributed by atoms with Gasteiger partial charge in [0, 0.05) is 51.4 Å². The number of amides is 2. The molecule has 46 heavy (non-hydrogen) atoms. The third kappa shape index (κ3) is 5.74. The molecule has 4 aliphatic rings. The van der Waals surface area contributed by atoms with Gasteiger partial charge in [-0.3, -0.25) is 9.59 Å². The first kappa shape index (κ1) is 31.3. The van der Waals surface area contributed by atoms with Crippen molar-refractivity contribution in [3.05, 3.63) is 58.6 Å². The highest BCUT2D eigenvalue weighted by molar-refractivity contribution is 6.02. The predicted molar refractivity (Wildman–Crippen MR) is 170 cm³/mol. The Kier molecular flexibility index (Phi) is 8.83. The molecule has 0 bridgehead atoms. The van der Waals surface area contributed by atoms with Crippen molar-refractivity contribution in [2.24, 2.45) is 0 Å². The Labute approximate surface area is 269 Å². The highest BCUT2D eigenvalue weighted by atomic mass is 19.1. The Morgan fingerprint density at radius 1 is 1.11 bits per heavy atom. The highest BCUT2D eigenvalue weighted by Crippen LogP contribution is 2.40. The van der Waals surface area contributed by atoms with Crippen LogP contribution in [0.4, 0.5) is 15.8 Å². The third-order valence-corrected chi connectivity index (χ3v) is 9.85. The summed E-state index contributed by atoms with van der Waals surface area (Å²) in [5, 5.41) is 20.1. The normalized spacial score (nSPS) is 21.4. The van der Waals surface area contributed by atoms with Crippen molar-refractivity contribution in [1.82, 2.24) is 19.7 Å². The van der Waals surface area contributed by atoms with E-state index < -0.39 is 17.8 Å². The number of likely N-dealkylation sites (N-methyl/N-ethyl adjacent to an activating group) is 2. The van der Waals surface area contributed by atoms with Crippen LogP contribution in [0.25, 0.3) is 0 Å². The minimum absolute atomic E-state index is 0.00717. The van der Waals surface area contributed by atoms with Crippen molar-refractivity contribution in [2.75, 3.05) is 69.8 Å². The van der Waals surface area contributed by atoms with Crippen LogP contribution in [-0.2, 0) is 24.2 Å². The molecule has 2 amide bonds. The zero-order valence-corrected chi connectivity index (χ0v) is 26.5. The van der Waals surface area contributed by atoms with Crippen LogP contribution in [0.3, 0.4) is 0 Å². The van der Waals surface area contributed by atoms with Crippen molar-refractivity contribution in [3.63, 3.8) is 0 Å². The van der Waals surface area contributed by atoms with Gasteiger partial charge in [0.25, 0.3) is 11.8 Å². The number of piperazine rings is 1. The second kappa shape index (κ2) is 13.0. The van der Waals surface area contributed by atoms with Gasteiger partial charge in [0.2, 0.25) is 5.88 Å². The number of carbonyl (C=O) groups excluding carboxylic acids is 2. The van der Waals surface area contributed by atoms with Crippen LogP contribution in [0.15, 0.2) is 30.6 Å². The largest absolute Gasteiger partial charge is 0.475 e. The minimum Gasteiger partial charge on any atom is -0.475 e. The van der Waals surface area contributed by atoms with Gasteiger partial charge < -0.3 is 29.2 Å². The lowest BCUT2D eigenvalue weighted by Gasteiger charge is -2.43. The van der Waals surface area contributed by atoms with E-state index in [9.17, 15) is 24.5 Å². The standard InChI is InChI=1S/C34H39FN8O3/c1-22(35)33(44)43-17-16-42(19-24(43)9-12-36)31-26-11-15-41(29-8-4-6-23-10-14-40(3)34(45)30(23)29)20-28(26)38-32(27(31)18-37)46-21-25-7-5-13-39(25)2/h4,6,8,24-25H,1,5,7,9-11,13-17,19-21H2,2-3H3/t24-,25-/m0/s1. The van der Waals surface area contributed by atoms with E-state index in [1.54, 1.807) is 4.90 Å². The summed E-state index contributed by atoms with van der Waals surface area (Å²) in [7, 11) is 3.89. The lowest BCUT2D eigenvalue weighted by atomic mass is 9.94. The van der Waals surface area contributed by atoms with E-state index in [0.717, 1.165) is 53.9 Å². The average molecular weight is 627 g/mol. The van der Waals surface area contributed by atoms with E-state index in [4.69, 9.17) is 9.72 Å². The Bertz CT molecular complexity index is 1650. The molecule has 240 valence electrons. The van der Waals surface area contributed by atoms with Gasteiger partial charge in [0.05, 0.1) is 47.7 Å². The molecule has 0 radical (unpaired) electrons. The summed E-state index contributed by atoms with van der Waals surface area (Å²) in [6.07, 6.45) is 3.45. The van der Waals surface area contributed by atoms with Gasteiger partial charge in [0.15, 0.2) is 5.83 Å². The molecular weight excluding hydrogens is 587 g/mol. The van der Waals surface area contributed by atoms with E-state index >= 15 is 0 Å². The maximum atomic E-state index is 13.9. The molecule has 2 saturated heterocycles. The van der Waals surface area contributed by atoms with Gasteiger partial charge in [0.1, 0.15) is 18.2 Å². The van der Waals surface area contributed by atoms with Crippen molar-refractivity contribution < 1.29 is 18.7 Å². The van der Waals surface area contributed by atoms with Crippen LogP contribution in [0.2, 0.25) is 0 Å². The molecule has 11 nitrogen and oxygen atoms in total. The van der Waals surface area contributed by atoms with E-state index in [0.29, 0.717) is 50.5 Å². The van der Waals surface area contributed by atoms with Crippen LogP contribution in [0.5, 0.6) is 5.88 Å². The summed E-state index contributed by atoms with van der Waals surface area (Å²) in [6, 6.07) is 10.1. The van der Waals surface area contributed by atoms with Crippen LogP contribution in [-0.4, -0.2) is 104 Å². The third-order valence-electron chi connectivity index (χ3n) is 9.85. The molecule has 1 aromatic heterocycles. The number of fused-ring (bicyclic) bond motifs is 2. The molecule has 0 aliphatic carbocycles. The van der Waals surface area contributed by atoms with E-state index in [1.807, 2.05) is 30.1 Å². The molecule has 1 aromatic carbocycles. The number of aromatic nitrogens is 1. The quantitative estimate of drug-likeness (QED) is 0.427. The summed E-state index contributed by atoms with van der Waals surface area (Å²) < 4.78 is 20.2. The molecule has 5 heterocycles. The zero-order valence-electron chi connectivity index (χ0n) is 26.5. The van der Waals surface area contributed by atoms with Crippen molar-refractivity contribution in [3.8, 4) is 18.0 Å². The van der Waals surface area contributed by atoms with Crippen molar-refractivity contribution in [1.29, 1.82) is 10.5 Å². The fourth-order valence-electron chi connectivity index (χ4n) is 7.31. The summed E-state index contributed by atoms with van der Waals surface area (Å²) in [6.45, 7) is 7.03. The summed E-state index contributed by atoms with van der Waals surface area (Å²) >= 11 is 0. The fourth-order valence-corrected chi connectivity index (χ4v) is 7.31. The fraction of sp³-hybridized carbons (Fsp3) is 0.500. The molecule has 0 N–H and O–H groups in total. The molecule has 4 aliphatic heterocycles. The van der Waals surface area contributed by atoms with Gasteiger partial charge in [-0.25, -0.2) is 9.37 Å². The second-order valence-electron chi connectivity index (χ2n) is 12.6. The number of likely N-dealkylation sites (tertiary alicyclic amines) is 1. The molecule has 2 atom stereocenters. The minimum atomic E-state index is -1.06. The Hall–Kier alpha value is -4.68. The number of hydrogen-bond donors (Lipinski definition) is 0. The molecular formula is C34H39FN8O3. The molecule has 12 heteroatoms. The summed E-state index contributed by atoms with van der Waals surface area (Å²) in [5.74, 6) is -1.61. The molecule has 2 aromatic rings. The number of nitriles is 2. The monoisotopic (exact) mass is 626 g/mol. The van der Waals surface area contributed by atoms with Crippen LogP contribution < -0.4 is 14.5 Å². The van der Waals surface area contributed by atoms with Crippen LogP contribution >= 0.6 is 0 Å². The first-order valence-corrected chi connectivity index (χ1v) is 15.9. The first-order chi connectivity index (χ1) is 22.2. The predicted octanol–water partition coefficient (Wildman–Crippen LogP) is 3.03. The van der Waals surface area contributed by atoms with Crippen LogP contribution in [0.1, 0.15) is 52.0 Å². The number of halogens is 1. The van der Waals surface area contributed by atoms with E-state index in [-0.39, 0.29) is 37.3 Å². The Balaban J connectivity index is 1.39.